The van der Waals surface area contributed by atoms with E-state index in [9.17, 15) is 9.18 Å². The lowest BCUT2D eigenvalue weighted by Crippen LogP contribution is -2.20. The Morgan fingerprint density at radius 1 is 1.17 bits per heavy atom. The zero-order valence-electron chi connectivity index (χ0n) is 9.15. The number of hydrogen-bond donors (Lipinski definition) is 2. The van der Waals surface area contributed by atoms with Crippen LogP contribution in [0.4, 0.5) is 20.7 Å². The average molecular weight is 310 g/mol. The summed E-state index contributed by atoms with van der Waals surface area (Å²) in [4.78, 5) is 15.5. The Morgan fingerprint density at radius 3 is 2.61 bits per heavy atom. The van der Waals surface area contributed by atoms with Crippen LogP contribution in [0.1, 0.15) is 0 Å². The maximum Gasteiger partial charge on any atom is 0.324 e. The highest BCUT2D eigenvalue weighted by Gasteiger charge is 2.06. The molecule has 18 heavy (non-hydrogen) atoms. The van der Waals surface area contributed by atoms with E-state index in [0.717, 1.165) is 4.47 Å². The molecule has 4 nitrogen and oxygen atoms in total. The molecule has 0 radical (unpaired) electrons. The van der Waals surface area contributed by atoms with Crippen LogP contribution in [0.25, 0.3) is 0 Å². The summed E-state index contributed by atoms with van der Waals surface area (Å²) < 4.78 is 14.1. The molecule has 0 unspecified atom stereocenters. The Labute approximate surface area is 111 Å². The van der Waals surface area contributed by atoms with Crippen molar-refractivity contribution in [1.82, 2.24) is 4.98 Å². The van der Waals surface area contributed by atoms with Crippen molar-refractivity contribution in [2.75, 3.05) is 10.6 Å². The Kier molecular flexibility index (Phi) is 3.88. The molecule has 2 aromatic rings. The van der Waals surface area contributed by atoms with Crippen LogP contribution in [0.15, 0.2) is 47.1 Å². The van der Waals surface area contributed by atoms with E-state index in [1.54, 1.807) is 30.5 Å². The molecule has 6 heteroatoms. The average Bonchev–Trinajstić information content (AvgIpc) is 2.35. The molecule has 0 fully saturated rings. The summed E-state index contributed by atoms with van der Waals surface area (Å²) in [6.07, 6.45) is 1.55. The van der Waals surface area contributed by atoms with Gasteiger partial charge in [0.25, 0.3) is 0 Å². The Balaban J connectivity index is 2.01. The van der Waals surface area contributed by atoms with Gasteiger partial charge in [-0.15, -0.1) is 0 Å². The summed E-state index contributed by atoms with van der Waals surface area (Å²) >= 11 is 3.23. The zero-order valence-corrected chi connectivity index (χ0v) is 10.7. The van der Waals surface area contributed by atoms with Crippen molar-refractivity contribution in [2.24, 2.45) is 0 Å². The zero-order chi connectivity index (χ0) is 13.0. The van der Waals surface area contributed by atoms with Gasteiger partial charge in [0.05, 0.1) is 5.69 Å². The maximum atomic E-state index is 13.3. The van der Waals surface area contributed by atoms with Gasteiger partial charge in [-0.05, 0) is 40.2 Å². The Bertz CT molecular complexity index is 560. The summed E-state index contributed by atoms with van der Waals surface area (Å²) in [5.41, 5.74) is 0.118. The molecule has 1 aromatic heterocycles. The highest BCUT2D eigenvalue weighted by Crippen LogP contribution is 2.14. The molecular formula is C12H9BrFN3O. The number of nitrogens with zero attached hydrogens (tertiary/aromatic N) is 1. The van der Waals surface area contributed by atoms with Gasteiger partial charge in [0.2, 0.25) is 0 Å². The van der Waals surface area contributed by atoms with E-state index in [1.807, 2.05) is 0 Å². The van der Waals surface area contributed by atoms with Gasteiger partial charge >= 0.3 is 6.03 Å². The number of anilines is 2. The van der Waals surface area contributed by atoms with Gasteiger partial charge in [-0.2, -0.15) is 0 Å². The van der Waals surface area contributed by atoms with Gasteiger partial charge in [-0.3, -0.25) is 5.32 Å². The lowest BCUT2D eigenvalue weighted by atomic mass is 10.3. The summed E-state index contributed by atoms with van der Waals surface area (Å²) in [5.74, 6) is -0.108. The number of rotatable bonds is 2. The smallest absolute Gasteiger partial charge is 0.305 e. The maximum absolute atomic E-state index is 13.3. The number of pyridine rings is 1. The number of halogens is 2. The van der Waals surface area contributed by atoms with Crippen LogP contribution < -0.4 is 10.6 Å². The molecule has 2 amide bonds. The number of aromatic nitrogens is 1. The number of hydrogen-bond acceptors (Lipinski definition) is 2. The van der Waals surface area contributed by atoms with E-state index >= 15 is 0 Å². The normalized spacial score (nSPS) is 9.89. The molecule has 92 valence electrons. The SMILES string of the molecule is O=C(Nc1ccc(Br)cn1)Nc1ccccc1F. The largest absolute Gasteiger partial charge is 0.324 e. The van der Waals surface area contributed by atoms with Crippen LogP contribution >= 0.6 is 15.9 Å². The fraction of sp³-hybridized carbons (Fsp3) is 0. The first kappa shape index (κ1) is 12.5. The molecule has 0 saturated heterocycles. The van der Waals surface area contributed by atoms with Gasteiger partial charge in [-0.1, -0.05) is 12.1 Å². The van der Waals surface area contributed by atoms with Crippen molar-refractivity contribution in [1.29, 1.82) is 0 Å². The molecule has 0 saturated carbocycles. The number of carbonyl (C=O) groups excluding carboxylic acids is 1. The molecule has 0 aliphatic carbocycles. The minimum Gasteiger partial charge on any atom is -0.305 e. The molecule has 0 bridgehead atoms. The first-order valence-corrected chi connectivity index (χ1v) is 5.88. The summed E-state index contributed by atoms with van der Waals surface area (Å²) in [6.45, 7) is 0. The molecule has 1 aromatic carbocycles. The van der Waals surface area contributed by atoms with E-state index in [0.29, 0.717) is 5.82 Å². The monoisotopic (exact) mass is 309 g/mol. The van der Waals surface area contributed by atoms with E-state index in [4.69, 9.17) is 0 Å². The highest BCUT2D eigenvalue weighted by molar-refractivity contribution is 9.10. The minimum absolute atomic E-state index is 0.118. The fourth-order valence-corrected chi connectivity index (χ4v) is 1.52. The van der Waals surface area contributed by atoms with Crippen LogP contribution in [0.3, 0.4) is 0 Å². The van der Waals surface area contributed by atoms with Crippen molar-refractivity contribution in [3.8, 4) is 0 Å². The van der Waals surface area contributed by atoms with Crippen molar-refractivity contribution in [2.45, 2.75) is 0 Å². The number of para-hydroxylation sites is 1. The summed E-state index contributed by atoms with van der Waals surface area (Å²) in [5, 5.41) is 4.89. The number of urea groups is 1. The third-order valence-corrected chi connectivity index (χ3v) is 2.56. The molecule has 0 aliphatic rings. The number of benzene rings is 1. The third-order valence-electron chi connectivity index (χ3n) is 2.09. The highest BCUT2D eigenvalue weighted by atomic mass is 79.9. The van der Waals surface area contributed by atoms with Gasteiger partial charge in [0.15, 0.2) is 0 Å². The van der Waals surface area contributed by atoms with E-state index in [1.165, 1.54) is 12.1 Å². The van der Waals surface area contributed by atoms with Crippen molar-refractivity contribution < 1.29 is 9.18 Å². The molecular weight excluding hydrogens is 301 g/mol. The van der Waals surface area contributed by atoms with Gasteiger partial charge < -0.3 is 5.32 Å². The standard InChI is InChI=1S/C12H9BrFN3O/c13-8-5-6-11(15-7-8)17-12(18)16-10-4-2-1-3-9(10)14/h1-7H,(H2,15,16,17,18). The first-order chi connectivity index (χ1) is 8.65. The van der Waals surface area contributed by atoms with Crippen molar-refractivity contribution >= 4 is 33.5 Å². The van der Waals surface area contributed by atoms with E-state index < -0.39 is 11.8 Å². The van der Waals surface area contributed by atoms with Gasteiger partial charge in [0, 0.05) is 10.7 Å². The fourth-order valence-electron chi connectivity index (χ4n) is 1.28. The molecule has 2 rings (SSSR count). The van der Waals surface area contributed by atoms with Gasteiger partial charge in [-0.25, -0.2) is 14.2 Å². The Morgan fingerprint density at radius 2 is 1.94 bits per heavy atom. The first-order valence-electron chi connectivity index (χ1n) is 5.09. The second kappa shape index (κ2) is 5.59. The number of nitrogens with one attached hydrogen (secondary N) is 2. The van der Waals surface area contributed by atoms with Crippen LogP contribution in [-0.4, -0.2) is 11.0 Å². The van der Waals surface area contributed by atoms with Crippen LogP contribution in [0, 0.1) is 5.82 Å². The lowest BCUT2D eigenvalue weighted by molar-refractivity contribution is 0.262. The van der Waals surface area contributed by atoms with Crippen LogP contribution in [-0.2, 0) is 0 Å². The predicted molar refractivity (Wildman–Crippen MR) is 71.0 cm³/mol. The summed E-state index contributed by atoms with van der Waals surface area (Å²) in [6, 6.07) is 8.76. The molecule has 2 N–H and O–H groups in total. The second-order valence-corrected chi connectivity index (χ2v) is 4.34. The quantitative estimate of drug-likeness (QED) is 0.890. The number of carbonyl (C=O) groups is 1. The predicted octanol–water partition coefficient (Wildman–Crippen LogP) is 3.63. The summed E-state index contributed by atoms with van der Waals surface area (Å²) in [7, 11) is 0. The lowest BCUT2D eigenvalue weighted by Gasteiger charge is -2.07. The van der Waals surface area contributed by atoms with E-state index in [2.05, 4.69) is 31.5 Å². The van der Waals surface area contributed by atoms with Crippen molar-refractivity contribution in [3.05, 3.63) is 52.9 Å². The minimum atomic E-state index is -0.546. The molecule has 0 spiro atoms. The molecule has 1 heterocycles. The third kappa shape index (κ3) is 3.27. The van der Waals surface area contributed by atoms with E-state index in [-0.39, 0.29) is 5.69 Å². The molecule has 0 atom stereocenters. The topological polar surface area (TPSA) is 54.0 Å². The van der Waals surface area contributed by atoms with Crippen LogP contribution in [0.2, 0.25) is 0 Å². The van der Waals surface area contributed by atoms with Crippen LogP contribution in [0.5, 0.6) is 0 Å². The Hall–Kier alpha value is -1.95. The second-order valence-electron chi connectivity index (χ2n) is 3.42. The number of amides is 2. The molecule has 0 aliphatic heterocycles. The van der Waals surface area contributed by atoms with Gasteiger partial charge in [0.1, 0.15) is 11.6 Å². The van der Waals surface area contributed by atoms with Crippen molar-refractivity contribution in [3.63, 3.8) is 0 Å².